The number of benzene rings is 2. The molecule has 0 heterocycles. The first-order chi connectivity index (χ1) is 9.77. The number of primary sulfonamides is 1. The van der Waals surface area contributed by atoms with E-state index in [-0.39, 0.29) is 4.90 Å². The summed E-state index contributed by atoms with van der Waals surface area (Å²) in [6.45, 7) is 0. The number of carbonyl (C=O) groups is 1. The van der Waals surface area contributed by atoms with E-state index >= 15 is 0 Å². The number of nitrogen functional groups attached to an aromatic ring is 1. The Kier molecular flexibility index (Phi) is 4.31. The first kappa shape index (κ1) is 15.5. The lowest BCUT2D eigenvalue weighted by atomic mass is 10.2. The van der Waals surface area contributed by atoms with Gasteiger partial charge in [0.15, 0.2) is 0 Å². The molecule has 2 rings (SSSR count). The number of hydrogen-bond acceptors (Lipinski definition) is 4. The van der Waals surface area contributed by atoms with Gasteiger partial charge in [-0.2, -0.15) is 0 Å². The molecule has 0 aromatic heterocycles. The van der Waals surface area contributed by atoms with Gasteiger partial charge in [-0.3, -0.25) is 4.79 Å². The summed E-state index contributed by atoms with van der Waals surface area (Å²) in [4.78, 5) is 12.1. The van der Waals surface area contributed by atoms with Crippen molar-refractivity contribution < 1.29 is 13.2 Å². The maximum absolute atomic E-state index is 12.2. The summed E-state index contributed by atoms with van der Waals surface area (Å²) in [6.07, 6.45) is 0. The molecule has 21 heavy (non-hydrogen) atoms. The minimum Gasteiger partial charge on any atom is -0.399 e. The zero-order valence-corrected chi connectivity index (χ0v) is 13.1. The van der Waals surface area contributed by atoms with Crippen molar-refractivity contribution in [3.63, 3.8) is 0 Å². The fraction of sp³-hybridized carbons (Fsp3) is 0. The van der Waals surface area contributed by atoms with Crippen LogP contribution in [0.3, 0.4) is 0 Å². The molecular formula is C13H12BrN3O3S. The third kappa shape index (κ3) is 3.81. The highest BCUT2D eigenvalue weighted by Gasteiger charge is 2.13. The Morgan fingerprint density at radius 2 is 1.86 bits per heavy atom. The van der Waals surface area contributed by atoms with E-state index in [0.717, 1.165) is 0 Å². The molecule has 0 aliphatic carbocycles. The summed E-state index contributed by atoms with van der Waals surface area (Å²) >= 11 is 3.26. The fourth-order valence-corrected chi connectivity index (χ4v) is 2.65. The predicted molar refractivity (Wildman–Crippen MR) is 84.3 cm³/mol. The van der Waals surface area contributed by atoms with Crippen molar-refractivity contribution in [2.24, 2.45) is 5.14 Å². The first-order valence-electron chi connectivity index (χ1n) is 5.76. The van der Waals surface area contributed by atoms with Crippen LogP contribution in [0.25, 0.3) is 0 Å². The van der Waals surface area contributed by atoms with Crippen LogP contribution in [0.4, 0.5) is 11.4 Å². The SMILES string of the molecule is Nc1ccc(Br)c(C(=O)Nc2cccc(S(N)(=O)=O)c2)c1. The second-order valence-corrected chi connectivity index (χ2v) is 6.68. The molecule has 0 aliphatic heterocycles. The normalized spacial score (nSPS) is 11.1. The van der Waals surface area contributed by atoms with Gasteiger partial charge in [-0.1, -0.05) is 6.07 Å². The van der Waals surface area contributed by atoms with Crippen molar-refractivity contribution in [3.05, 3.63) is 52.5 Å². The van der Waals surface area contributed by atoms with Gasteiger partial charge in [0.2, 0.25) is 10.0 Å². The Morgan fingerprint density at radius 3 is 2.52 bits per heavy atom. The monoisotopic (exact) mass is 369 g/mol. The number of sulfonamides is 1. The average molecular weight is 370 g/mol. The van der Waals surface area contributed by atoms with Gasteiger partial charge in [0, 0.05) is 15.8 Å². The van der Waals surface area contributed by atoms with Crippen LogP contribution in [0.5, 0.6) is 0 Å². The van der Waals surface area contributed by atoms with Crippen molar-refractivity contribution in [2.75, 3.05) is 11.1 Å². The van der Waals surface area contributed by atoms with E-state index in [2.05, 4.69) is 21.2 Å². The average Bonchev–Trinajstić information content (AvgIpc) is 2.41. The second kappa shape index (κ2) is 5.84. The number of anilines is 2. The van der Waals surface area contributed by atoms with Gasteiger partial charge in [0.25, 0.3) is 5.91 Å². The Hall–Kier alpha value is -1.90. The van der Waals surface area contributed by atoms with Crippen LogP contribution in [0.15, 0.2) is 51.8 Å². The molecule has 1 amide bonds. The lowest BCUT2D eigenvalue weighted by Crippen LogP contribution is -2.15. The van der Waals surface area contributed by atoms with Crippen molar-refractivity contribution in [2.45, 2.75) is 4.90 Å². The Balaban J connectivity index is 2.30. The maximum Gasteiger partial charge on any atom is 0.256 e. The summed E-state index contributed by atoms with van der Waals surface area (Å²) < 4.78 is 23.1. The number of nitrogens with one attached hydrogen (secondary N) is 1. The molecule has 0 bridgehead atoms. The summed E-state index contributed by atoms with van der Waals surface area (Å²) in [5.41, 5.74) is 6.75. The zero-order chi connectivity index (χ0) is 15.6. The molecule has 0 saturated heterocycles. The molecule has 8 heteroatoms. The molecule has 2 aromatic carbocycles. The molecule has 6 nitrogen and oxygen atoms in total. The third-order valence-corrected chi connectivity index (χ3v) is 4.26. The van der Waals surface area contributed by atoms with Crippen molar-refractivity contribution in [1.82, 2.24) is 0 Å². The molecular weight excluding hydrogens is 358 g/mol. The van der Waals surface area contributed by atoms with Crippen molar-refractivity contribution in [1.29, 1.82) is 0 Å². The highest BCUT2D eigenvalue weighted by molar-refractivity contribution is 9.10. The predicted octanol–water partition coefficient (Wildman–Crippen LogP) is 1.93. The van der Waals surface area contributed by atoms with Gasteiger partial charge >= 0.3 is 0 Å². The van der Waals surface area contributed by atoms with Gasteiger partial charge in [-0.05, 0) is 52.3 Å². The minimum absolute atomic E-state index is 0.0769. The third-order valence-electron chi connectivity index (χ3n) is 2.66. The Labute approximate surface area is 130 Å². The molecule has 5 N–H and O–H groups in total. The van der Waals surface area contributed by atoms with Gasteiger partial charge < -0.3 is 11.1 Å². The smallest absolute Gasteiger partial charge is 0.256 e. The van der Waals surface area contributed by atoms with Crippen LogP contribution < -0.4 is 16.2 Å². The zero-order valence-electron chi connectivity index (χ0n) is 10.7. The molecule has 0 radical (unpaired) electrons. The summed E-state index contributed by atoms with van der Waals surface area (Å²) in [6, 6.07) is 10.5. The number of amides is 1. The van der Waals surface area contributed by atoms with Gasteiger partial charge in [0.1, 0.15) is 0 Å². The van der Waals surface area contributed by atoms with Gasteiger partial charge in [0.05, 0.1) is 10.5 Å². The molecule has 2 aromatic rings. The van der Waals surface area contributed by atoms with Crippen LogP contribution in [0.2, 0.25) is 0 Å². The molecule has 0 unspecified atom stereocenters. The van der Waals surface area contributed by atoms with Gasteiger partial charge in [-0.15, -0.1) is 0 Å². The largest absolute Gasteiger partial charge is 0.399 e. The highest BCUT2D eigenvalue weighted by Crippen LogP contribution is 2.21. The maximum atomic E-state index is 12.2. The van der Waals surface area contributed by atoms with E-state index in [9.17, 15) is 13.2 Å². The van der Waals surface area contributed by atoms with Crippen LogP contribution in [-0.4, -0.2) is 14.3 Å². The molecule has 110 valence electrons. The number of nitrogens with two attached hydrogens (primary N) is 2. The molecule has 0 fully saturated rings. The minimum atomic E-state index is -3.82. The fourth-order valence-electron chi connectivity index (χ4n) is 1.67. The molecule has 0 atom stereocenters. The van der Waals surface area contributed by atoms with Crippen LogP contribution >= 0.6 is 15.9 Å². The summed E-state index contributed by atoms with van der Waals surface area (Å²) in [5.74, 6) is -0.416. The number of halogens is 1. The van der Waals surface area contributed by atoms with E-state index < -0.39 is 15.9 Å². The number of carbonyl (C=O) groups excluding carboxylic acids is 1. The molecule has 0 aliphatic rings. The molecule has 0 saturated carbocycles. The topological polar surface area (TPSA) is 115 Å². The number of hydrogen-bond donors (Lipinski definition) is 3. The van der Waals surface area contributed by atoms with Crippen molar-refractivity contribution >= 4 is 43.2 Å². The van der Waals surface area contributed by atoms with Crippen LogP contribution in [0, 0.1) is 0 Å². The lowest BCUT2D eigenvalue weighted by Gasteiger charge is -2.08. The highest BCUT2D eigenvalue weighted by atomic mass is 79.9. The first-order valence-corrected chi connectivity index (χ1v) is 8.10. The second-order valence-electron chi connectivity index (χ2n) is 4.27. The quantitative estimate of drug-likeness (QED) is 0.716. The van der Waals surface area contributed by atoms with E-state index in [0.29, 0.717) is 21.4 Å². The molecule has 0 spiro atoms. The van der Waals surface area contributed by atoms with E-state index in [1.807, 2.05) is 0 Å². The van der Waals surface area contributed by atoms with Crippen LogP contribution in [0.1, 0.15) is 10.4 Å². The Bertz CT molecular complexity index is 806. The van der Waals surface area contributed by atoms with E-state index in [4.69, 9.17) is 10.9 Å². The van der Waals surface area contributed by atoms with Gasteiger partial charge in [-0.25, -0.2) is 13.6 Å². The van der Waals surface area contributed by atoms with Crippen LogP contribution in [-0.2, 0) is 10.0 Å². The van der Waals surface area contributed by atoms with E-state index in [1.54, 1.807) is 18.2 Å². The van der Waals surface area contributed by atoms with E-state index in [1.165, 1.54) is 24.3 Å². The summed E-state index contributed by atoms with van der Waals surface area (Å²) in [5, 5.41) is 7.64. The van der Waals surface area contributed by atoms with Crippen molar-refractivity contribution in [3.8, 4) is 0 Å². The summed E-state index contributed by atoms with van der Waals surface area (Å²) in [7, 11) is -3.82. The number of rotatable bonds is 3. The Morgan fingerprint density at radius 1 is 1.14 bits per heavy atom. The lowest BCUT2D eigenvalue weighted by molar-refractivity contribution is 0.102. The standard InChI is InChI=1S/C13H12BrN3O3S/c14-12-5-4-8(15)6-11(12)13(18)17-9-2-1-3-10(7-9)21(16,19)20/h1-7H,15H2,(H,17,18)(H2,16,19,20).